The molecular formula is C14H24O2. The van der Waals surface area contributed by atoms with E-state index >= 15 is 0 Å². The predicted molar refractivity (Wildman–Crippen MR) is 65.0 cm³/mol. The van der Waals surface area contributed by atoms with E-state index in [2.05, 4.69) is 20.8 Å². The molecule has 2 heteroatoms. The van der Waals surface area contributed by atoms with Gasteiger partial charge in [-0.05, 0) is 37.5 Å². The van der Waals surface area contributed by atoms with Gasteiger partial charge in [0.15, 0.2) is 0 Å². The van der Waals surface area contributed by atoms with Gasteiger partial charge in [0.25, 0.3) is 0 Å². The second-order valence-electron chi connectivity index (χ2n) is 6.52. The lowest BCUT2D eigenvalue weighted by molar-refractivity contribution is -0.0516. The van der Waals surface area contributed by atoms with Crippen molar-refractivity contribution in [1.29, 1.82) is 0 Å². The van der Waals surface area contributed by atoms with Crippen molar-refractivity contribution in [3.05, 3.63) is 12.2 Å². The smallest absolute Gasteiger partial charge is 0.0889 e. The van der Waals surface area contributed by atoms with Crippen LogP contribution in [0.3, 0.4) is 0 Å². The van der Waals surface area contributed by atoms with E-state index in [1.807, 2.05) is 6.08 Å². The maximum absolute atomic E-state index is 10.8. The van der Waals surface area contributed by atoms with Crippen LogP contribution in [0, 0.1) is 16.7 Å². The Morgan fingerprint density at radius 3 is 2.31 bits per heavy atom. The van der Waals surface area contributed by atoms with E-state index in [1.54, 1.807) is 13.0 Å². The van der Waals surface area contributed by atoms with Crippen molar-refractivity contribution < 1.29 is 10.2 Å². The Morgan fingerprint density at radius 2 is 1.94 bits per heavy atom. The molecule has 0 unspecified atom stereocenters. The molecule has 4 atom stereocenters. The Bertz CT molecular complexity index is 319. The molecule has 2 rings (SSSR count). The maximum Gasteiger partial charge on any atom is 0.0889 e. The summed E-state index contributed by atoms with van der Waals surface area (Å²) in [6, 6.07) is 0. The van der Waals surface area contributed by atoms with Crippen LogP contribution in [0.25, 0.3) is 0 Å². The monoisotopic (exact) mass is 224 g/mol. The largest absolute Gasteiger partial charge is 0.389 e. The topological polar surface area (TPSA) is 40.5 Å². The van der Waals surface area contributed by atoms with Crippen molar-refractivity contribution in [1.82, 2.24) is 0 Å². The van der Waals surface area contributed by atoms with Gasteiger partial charge in [0.05, 0.1) is 11.7 Å². The zero-order valence-corrected chi connectivity index (χ0v) is 10.8. The lowest BCUT2D eigenvalue weighted by atomic mass is 9.64. The molecule has 2 aliphatic carbocycles. The molecule has 2 nitrogen and oxygen atoms in total. The Kier molecular flexibility index (Phi) is 2.52. The van der Waals surface area contributed by atoms with Crippen molar-refractivity contribution >= 4 is 0 Å². The summed E-state index contributed by atoms with van der Waals surface area (Å²) in [6.45, 7) is 8.48. The second kappa shape index (κ2) is 3.33. The third-order valence-electron chi connectivity index (χ3n) is 5.60. The molecule has 0 radical (unpaired) electrons. The summed E-state index contributed by atoms with van der Waals surface area (Å²) in [6.07, 6.45) is 6.26. The van der Waals surface area contributed by atoms with Crippen LogP contribution < -0.4 is 0 Å². The molecule has 2 aliphatic rings. The van der Waals surface area contributed by atoms with Gasteiger partial charge in [-0.3, -0.25) is 0 Å². The van der Waals surface area contributed by atoms with E-state index in [1.165, 1.54) is 6.42 Å². The molecular weight excluding hydrogens is 200 g/mol. The first-order chi connectivity index (χ1) is 7.23. The third kappa shape index (κ3) is 1.32. The average Bonchev–Trinajstić information content (AvgIpc) is 2.47. The van der Waals surface area contributed by atoms with Gasteiger partial charge in [-0.1, -0.05) is 32.9 Å². The summed E-state index contributed by atoms with van der Waals surface area (Å²) in [5, 5.41) is 20.1. The Balaban J connectivity index is 2.33. The van der Waals surface area contributed by atoms with Gasteiger partial charge in [0.1, 0.15) is 0 Å². The third-order valence-corrected chi connectivity index (χ3v) is 5.60. The molecule has 2 bridgehead atoms. The van der Waals surface area contributed by atoms with Crippen molar-refractivity contribution in [2.24, 2.45) is 16.7 Å². The zero-order chi connectivity index (χ0) is 12.2. The highest BCUT2D eigenvalue weighted by Crippen LogP contribution is 2.69. The molecule has 0 aromatic carbocycles. The fraction of sp³-hybridized carbons (Fsp3) is 0.857. The maximum atomic E-state index is 10.8. The number of hydrogen-bond donors (Lipinski definition) is 2. The van der Waals surface area contributed by atoms with Crippen molar-refractivity contribution in [3.8, 4) is 0 Å². The summed E-state index contributed by atoms with van der Waals surface area (Å²) < 4.78 is 0. The van der Waals surface area contributed by atoms with Gasteiger partial charge in [0, 0.05) is 5.41 Å². The van der Waals surface area contributed by atoms with Crippen LogP contribution in [0.4, 0.5) is 0 Å². The molecule has 92 valence electrons. The van der Waals surface area contributed by atoms with Gasteiger partial charge < -0.3 is 10.2 Å². The van der Waals surface area contributed by atoms with Crippen LogP contribution >= 0.6 is 0 Å². The average molecular weight is 224 g/mol. The number of rotatable bonds is 2. The molecule has 0 aromatic heterocycles. The molecule has 0 amide bonds. The van der Waals surface area contributed by atoms with E-state index in [9.17, 15) is 10.2 Å². The van der Waals surface area contributed by atoms with Gasteiger partial charge in [-0.25, -0.2) is 0 Å². The molecule has 16 heavy (non-hydrogen) atoms. The van der Waals surface area contributed by atoms with Crippen LogP contribution in [-0.2, 0) is 0 Å². The minimum Gasteiger partial charge on any atom is -0.389 e. The van der Waals surface area contributed by atoms with Crippen molar-refractivity contribution in [2.75, 3.05) is 0 Å². The summed E-state index contributed by atoms with van der Waals surface area (Å²) in [4.78, 5) is 0. The predicted octanol–water partition coefficient (Wildman–Crippen LogP) is 2.50. The minimum absolute atomic E-state index is 0.0456. The molecule has 0 saturated heterocycles. The molecule has 0 aromatic rings. The first kappa shape index (κ1) is 12.1. The number of aliphatic hydroxyl groups is 2. The molecule has 0 aliphatic heterocycles. The fourth-order valence-electron chi connectivity index (χ4n) is 3.88. The number of aliphatic hydroxyl groups excluding tert-OH is 1. The van der Waals surface area contributed by atoms with Crippen LogP contribution in [0.5, 0.6) is 0 Å². The standard InChI is InChI=1S/C14H24O2/c1-10(15)5-8-14(16)9-11-6-7-13(14,4)12(11,2)3/h5,8,10-11,15-16H,6-7,9H2,1-4H3/b8-5-/t10-,11+,13+,14+/m0/s1. The molecule has 0 heterocycles. The molecule has 0 spiro atoms. The van der Waals surface area contributed by atoms with Crippen molar-refractivity contribution in [2.45, 2.75) is 58.7 Å². The first-order valence-electron chi connectivity index (χ1n) is 6.33. The van der Waals surface area contributed by atoms with Crippen molar-refractivity contribution in [3.63, 3.8) is 0 Å². The van der Waals surface area contributed by atoms with E-state index in [0.717, 1.165) is 12.8 Å². The Morgan fingerprint density at radius 1 is 1.31 bits per heavy atom. The van der Waals surface area contributed by atoms with E-state index in [4.69, 9.17) is 0 Å². The van der Waals surface area contributed by atoms with E-state index in [0.29, 0.717) is 5.92 Å². The van der Waals surface area contributed by atoms with E-state index < -0.39 is 11.7 Å². The highest BCUT2D eigenvalue weighted by atomic mass is 16.3. The normalized spacial score (nSPS) is 47.8. The molecule has 2 fully saturated rings. The second-order valence-corrected chi connectivity index (χ2v) is 6.52. The van der Waals surface area contributed by atoms with Crippen LogP contribution in [-0.4, -0.2) is 21.9 Å². The summed E-state index contributed by atoms with van der Waals surface area (Å²) >= 11 is 0. The SMILES string of the molecule is C[C@H](O)/C=C\[C@@]1(O)C[C@H]2CC[C@]1(C)C2(C)C. The van der Waals surface area contributed by atoms with Gasteiger partial charge in [0.2, 0.25) is 0 Å². The van der Waals surface area contributed by atoms with Crippen LogP contribution in [0.15, 0.2) is 12.2 Å². The number of hydrogen-bond acceptors (Lipinski definition) is 2. The highest BCUT2D eigenvalue weighted by molar-refractivity contribution is 5.24. The fourth-order valence-corrected chi connectivity index (χ4v) is 3.88. The zero-order valence-electron chi connectivity index (χ0n) is 10.8. The van der Waals surface area contributed by atoms with E-state index in [-0.39, 0.29) is 10.8 Å². The summed E-state index contributed by atoms with van der Waals surface area (Å²) in [5.41, 5.74) is -0.572. The van der Waals surface area contributed by atoms with Gasteiger partial charge in [-0.2, -0.15) is 0 Å². The lowest BCUT2D eigenvalue weighted by Crippen LogP contribution is -2.45. The van der Waals surface area contributed by atoms with Gasteiger partial charge >= 0.3 is 0 Å². The van der Waals surface area contributed by atoms with Crippen LogP contribution in [0.2, 0.25) is 0 Å². The first-order valence-corrected chi connectivity index (χ1v) is 6.33. The lowest BCUT2D eigenvalue weighted by Gasteiger charge is -2.43. The highest BCUT2D eigenvalue weighted by Gasteiger charge is 2.67. The van der Waals surface area contributed by atoms with Crippen LogP contribution in [0.1, 0.15) is 47.0 Å². The Labute approximate surface area is 98.4 Å². The quantitative estimate of drug-likeness (QED) is 0.708. The summed E-state index contributed by atoms with van der Waals surface area (Å²) in [5.74, 6) is 0.612. The minimum atomic E-state index is -0.726. The van der Waals surface area contributed by atoms with Gasteiger partial charge in [-0.15, -0.1) is 0 Å². The number of fused-ring (bicyclic) bond motifs is 2. The Hall–Kier alpha value is -0.340. The molecule has 2 saturated carbocycles. The summed E-state index contributed by atoms with van der Waals surface area (Å²) in [7, 11) is 0. The molecule has 2 N–H and O–H groups in total.